The molecule has 0 unspecified atom stereocenters. The molecule has 2 fully saturated rings. The second-order valence-electron chi connectivity index (χ2n) is 5.49. The summed E-state index contributed by atoms with van der Waals surface area (Å²) in [6.07, 6.45) is 7.45. The smallest absolute Gasteiger partial charge is 0.0554 e. The molecule has 0 atom stereocenters. The van der Waals surface area contributed by atoms with E-state index in [1.807, 2.05) is 13.1 Å². The van der Waals surface area contributed by atoms with E-state index in [2.05, 4.69) is 27.3 Å². The largest absolute Gasteiger partial charge is 0.367 e. The lowest BCUT2D eigenvalue weighted by Gasteiger charge is -2.42. The number of hydrogen-bond acceptors (Lipinski definition) is 3. The Morgan fingerprint density at radius 3 is 2.82 bits per heavy atom. The standard InChI is InChI=1S/C14H21N3/c1-12-4-5-13(10-15-12)17-9-8-16-14(11-17)6-2-3-7-14/h4-5,10,16H,2-3,6-9,11H2,1H3. The molecule has 0 radical (unpaired) electrons. The van der Waals surface area contributed by atoms with Crippen molar-refractivity contribution >= 4 is 5.69 Å². The van der Waals surface area contributed by atoms with Gasteiger partial charge in [-0.3, -0.25) is 4.98 Å². The van der Waals surface area contributed by atoms with Gasteiger partial charge in [-0.05, 0) is 31.9 Å². The van der Waals surface area contributed by atoms with Crippen LogP contribution in [0.15, 0.2) is 18.3 Å². The first kappa shape index (κ1) is 11.0. The summed E-state index contributed by atoms with van der Waals surface area (Å²) < 4.78 is 0. The minimum absolute atomic E-state index is 0.392. The van der Waals surface area contributed by atoms with Gasteiger partial charge in [0.2, 0.25) is 0 Å². The summed E-state index contributed by atoms with van der Waals surface area (Å²) >= 11 is 0. The van der Waals surface area contributed by atoms with Crippen molar-refractivity contribution < 1.29 is 0 Å². The molecule has 2 aliphatic rings. The number of anilines is 1. The highest BCUT2D eigenvalue weighted by Gasteiger charge is 2.37. The van der Waals surface area contributed by atoms with Crippen molar-refractivity contribution in [2.45, 2.75) is 38.1 Å². The monoisotopic (exact) mass is 231 g/mol. The molecular weight excluding hydrogens is 210 g/mol. The fraction of sp³-hybridized carbons (Fsp3) is 0.643. The lowest BCUT2D eigenvalue weighted by Crippen LogP contribution is -2.59. The summed E-state index contributed by atoms with van der Waals surface area (Å²) in [6.45, 7) is 5.40. The predicted molar refractivity (Wildman–Crippen MR) is 70.4 cm³/mol. The normalized spacial score (nSPS) is 23.2. The summed E-state index contributed by atoms with van der Waals surface area (Å²) in [5, 5.41) is 3.74. The highest BCUT2D eigenvalue weighted by molar-refractivity contribution is 5.46. The van der Waals surface area contributed by atoms with Gasteiger partial charge < -0.3 is 10.2 Å². The molecule has 3 nitrogen and oxygen atoms in total. The van der Waals surface area contributed by atoms with Gasteiger partial charge in [0.05, 0.1) is 11.9 Å². The van der Waals surface area contributed by atoms with Gasteiger partial charge in [0.25, 0.3) is 0 Å². The maximum Gasteiger partial charge on any atom is 0.0554 e. The zero-order valence-corrected chi connectivity index (χ0v) is 10.6. The number of piperazine rings is 1. The molecule has 1 aromatic rings. The summed E-state index contributed by atoms with van der Waals surface area (Å²) in [6, 6.07) is 4.31. The van der Waals surface area contributed by atoms with Crippen LogP contribution in [0.3, 0.4) is 0 Å². The van der Waals surface area contributed by atoms with Crippen LogP contribution < -0.4 is 10.2 Å². The van der Waals surface area contributed by atoms with E-state index in [0.717, 1.165) is 25.3 Å². The Labute approximate surface area is 103 Å². The van der Waals surface area contributed by atoms with Gasteiger partial charge in [-0.1, -0.05) is 12.8 Å². The van der Waals surface area contributed by atoms with Crippen LogP contribution >= 0.6 is 0 Å². The number of pyridine rings is 1. The highest BCUT2D eigenvalue weighted by atomic mass is 15.2. The van der Waals surface area contributed by atoms with E-state index in [1.165, 1.54) is 31.4 Å². The van der Waals surface area contributed by atoms with Crippen molar-refractivity contribution in [1.29, 1.82) is 0 Å². The average molecular weight is 231 g/mol. The third-order valence-corrected chi connectivity index (χ3v) is 4.20. The third-order valence-electron chi connectivity index (χ3n) is 4.20. The van der Waals surface area contributed by atoms with Crippen LogP contribution in [0.5, 0.6) is 0 Å². The Bertz CT molecular complexity index is 379. The average Bonchev–Trinajstić information content (AvgIpc) is 2.78. The summed E-state index contributed by atoms with van der Waals surface area (Å²) in [5.74, 6) is 0. The molecule has 0 bridgehead atoms. The van der Waals surface area contributed by atoms with Crippen LogP contribution in [0.2, 0.25) is 0 Å². The molecule has 3 rings (SSSR count). The lowest BCUT2D eigenvalue weighted by atomic mass is 9.94. The topological polar surface area (TPSA) is 28.2 Å². The van der Waals surface area contributed by atoms with Gasteiger partial charge >= 0.3 is 0 Å². The quantitative estimate of drug-likeness (QED) is 0.802. The number of aryl methyl sites for hydroxylation is 1. The number of rotatable bonds is 1. The molecule has 92 valence electrons. The van der Waals surface area contributed by atoms with Crippen molar-refractivity contribution in [3.05, 3.63) is 24.0 Å². The first-order valence-electron chi connectivity index (χ1n) is 6.70. The highest BCUT2D eigenvalue weighted by Crippen LogP contribution is 2.33. The van der Waals surface area contributed by atoms with E-state index in [4.69, 9.17) is 0 Å². The molecule has 0 amide bonds. The number of hydrogen-bond donors (Lipinski definition) is 1. The van der Waals surface area contributed by atoms with Crippen LogP contribution in [-0.4, -0.2) is 30.2 Å². The fourth-order valence-electron chi connectivity index (χ4n) is 3.21. The molecule has 2 heterocycles. The van der Waals surface area contributed by atoms with E-state index in [9.17, 15) is 0 Å². The molecule has 3 heteroatoms. The number of nitrogens with zero attached hydrogens (tertiary/aromatic N) is 2. The SMILES string of the molecule is Cc1ccc(N2CCNC3(CCCC3)C2)cn1. The van der Waals surface area contributed by atoms with Crippen LogP contribution in [0.1, 0.15) is 31.4 Å². The van der Waals surface area contributed by atoms with Gasteiger partial charge in [0.1, 0.15) is 0 Å². The van der Waals surface area contributed by atoms with Crippen molar-refractivity contribution in [3.63, 3.8) is 0 Å². The lowest BCUT2D eigenvalue weighted by molar-refractivity contribution is 0.304. The maximum atomic E-state index is 4.41. The third kappa shape index (κ3) is 2.16. The van der Waals surface area contributed by atoms with E-state index < -0.39 is 0 Å². The number of aromatic nitrogens is 1. The summed E-state index contributed by atoms with van der Waals surface area (Å²) in [4.78, 5) is 6.90. The van der Waals surface area contributed by atoms with E-state index in [-0.39, 0.29) is 0 Å². The maximum absolute atomic E-state index is 4.41. The van der Waals surface area contributed by atoms with Gasteiger partial charge in [-0.25, -0.2) is 0 Å². The Balaban J connectivity index is 1.77. The second kappa shape index (κ2) is 4.30. The van der Waals surface area contributed by atoms with Crippen LogP contribution in [0, 0.1) is 6.92 Å². The van der Waals surface area contributed by atoms with E-state index in [0.29, 0.717) is 5.54 Å². The van der Waals surface area contributed by atoms with E-state index in [1.54, 1.807) is 0 Å². The molecule has 1 saturated carbocycles. The van der Waals surface area contributed by atoms with Gasteiger partial charge in [-0.2, -0.15) is 0 Å². The van der Waals surface area contributed by atoms with Crippen molar-refractivity contribution in [2.75, 3.05) is 24.5 Å². The molecule has 1 aliphatic carbocycles. The zero-order chi connectivity index (χ0) is 11.7. The predicted octanol–water partition coefficient (Wildman–Crippen LogP) is 2.11. The molecular formula is C14H21N3. The Kier molecular flexibility index (Phi) is 2.79. The van der Waals surface area contributed by atoms with Gasteiger partial charge in [0, 0.05) is 30.9 Å². The molecule has 0 aromatic carbocycles. The van der Waals surface area contributed by atoms with Crippen LogP contribution in [0.25, 0.3) is 0 Å². The Morgan fingerprint density at radius 2 is 2.12 bits per heavy atom. The summed E-state index contributed by atoms with van der Waals surface area (Å²) in [7, 11) is 0. The van der Waals surface area contributed by atoms with Crippen LogP contribution in [0.4, 0.5) is 5.69 Å². The van der Waals surface area contributed by atoms with Crippen molar-refractivity contribution in [3.8, 4) is 0 Å². The van der Waals surface area contributed by atoms with Crippen molar-refractivity contribution in [1.82, 2.24) is 10.3 Å². The van der Waals surface area contributed by atoms with Gasteiger partial charge in [0.15, 0.2) is 0 Å². The summed E-state index contributed by atoms with van der Waals surface area (Å²) in [5.41, 5.74) is 2.77. The zero-order valence-electron chi connectivity index (χ0n) is 10.6. The first-order valence-corrected chi connectivity index (χ1v) is 6.70. The molecule has 1 N–H and O–H groups in total. The van der Waals surface area contributed by atoms with Gasteiger partial charge in [-0.15, -0.1) is 0 Å². The van der Waals surface area contributed by atoms with Crippen molar-refractivity contribution in [2.24, 2.45) is 0 Å². The molecule has 1 spiro atoms. The molecule has 17 heavy (non-hydrogen) atoms. The second-order valence-corrected chi connectivity index (χ2v) is 5.49. The first-order chi connectivity index (χ1) is 8.27. The molecule has 1 aromatic heterocycles. The number of nitrogens with one attached hydrogen (secondary N) is 1. The minimum atomic E-state index is 0.392. The van der Waals surface area contributed by atoms with Crippen LogP contribution in [-0.2, 0) is 0 Å². The van der Waals surface area contributed by atoms with E-state index >= 15 is 0 Å². The molecule has 1 saturated heterocycles. The fourth-order valence-corrected chi connectivity index (χ4v) is 3.21. The molecule has 1 aliphatic heterocycles. The minimum Gasteiger partial charge on any atom is -0.367 e. The Morgan fingerprint density at radius 1 is 1.29 bits per heavy atom. The Hall–Kier alpha value is -1.09.